The summed E-state index contributed by atoms with van der Waals surface area (Å²) in [5, 5.41) is 2.82. The van der Waals surface area contributed by atoms with Crippen LogP contribution in [0.15, 0.2) is 66.9 Å². The fourth-order valence-corrected chi connectivity index (χ4v) is 3.59. The number of amides is 1. The van der Waals surface area contributed by atoms with Crippen molar-refractivity contribution < 1.29 is 9.53 Å². The fraction of sp³-hybridized carbons (Fsp3) is 0.200. The first kappa shape index (κ1) is 22.4. The lowest BCUT2D eigenvalue weighted by atomic mass is 10.1. The summed E-state index contributed by atoms with van der Waals surface area (Å²) in [6, 6.07) is 19.7. The Bertz CT molecular complexity index is 1200. The van der Waals surface area contributed by atoms with Gasteiger partial charge < -0.3 is 10.1 Å². The van der Waals surface area contributed by atoms with Crippen LogP contribution >= 0.6 is 12.4 Å². The van der Waals surface area contributed by atoms with Crippen molar-refractivity contribution in [1.82, 2.24) is 14.7 Å². The van der Waals surface area contributed by atoms with Crippen LogP contribution in [0.4, 0.5) is 0 Å². The molecule has 0 aliphatic heterocycles. The Morgan fingerprint density at radius 3 is 2.48 bits per heavy atom. The molecule has 0 aliphatic rings. The molecule has 6 heteroatoms. The number of aryl methyl sites for hydroxylation is 2. The van der Waals surface area contributed by atoms with Crippen LogP contribution < -0.4 is 10.1 Å². The number of aromatic nitrogens is 2. The smallest absolute Gasteiger partial charge is 0.251 e. The first-order valence-corrected chi connectivity index (χ1v) is 10.1. The highest BCUT2D eigenvalue weighted by Gasteiger charge is 2.15. The van der Waals surface area contributed by atoms with E-state index >= 15 is 0 Å². The summed E-state index contributed by atoms with van der Waals surface area (Å²) in [5.41, 5.74) is 6.70. The normalized spacial score (nSPS) is 10.5. The van der Waals surface area contributed by atoms with Gasteiger partial charge in [0, 0.05) is 23.9 Å². The Kier molecular flexibility index (Phi) is 6.98. The van der Waals surface area contributed by atoms with Gasteiger partial charge >= 0.3 is 0 Å². The molecule has 31 heavy (non-hydrogen) atoms. The van der Waals surface area contributed by atoms with Crippen LogP contribution in [0, 0.1) is 13.8 Å². The van der Waals surface area contributed by atoms with Crippen LogP contribution in [0.1, 0.15) is 34.1 Å². The predicted octanol–water partition coefficient (Wildman–Crippen LogP) is 5.37. The van der Waals surface area contributed by atoms with Crippen molar-refractivity contribution in [1.29, 1.82) is 0 Å². The van der Waals surface area contributed by atoms with Crippen molar-refractivity contribution in [3.63, 3.8) is 0 Å². The molecule has 0 fully saturated rings. The topological polar surface area (TPSA) is 55.6 Å². The number of carbonyl (C=O) groups is 1. The molecular formula is C25H26ClN3O2. The van der Waals surface area contributed by atoms with Gasteiger partial charge in [0.1, 0.15) is 6.61 Å². The van der Waals surface area contributed by atoms with Gasteiger partial charge in [0.2, 0.25) is 0 Å². The Labute approximate surface area is 188 Å². The van der Waals surface area contributed by atoms with Crippen molar-refractivity contribution in [2.24, 2.45) is 0 Å². The second-order valence-corrected chi connectivity index (χ2v) is 7.26. The summed E-state index contributed by atoms with van der Waals surface area (Å²) < 4.78 is 8.18. The maximum absolute atomic E-state index is 12.0. The number of carbonyl (C=O) groups excluding carboxylic acids is 1. The second-order valence-electron chi connectivity index (χ2n) is 7.26. The highest BCUT2D eigenvalue weighted by Crippen LogP contribution is 2.29. The zero-order valence-electron chi connectivity index (χ0n) is 17.9. The fourth-order valence-electron chi connectivity index (χ4n) is 3.59. The SMILES string of the molecule is CCNC(=O)c1ccc(-c2c(C)nc3c(OCc4ccccc4C)cccn23)cc1.Cl. The summed E-state index contributed by atoms with van der Waals surface area (Å²) >= 11 is 0. The highest BCUT2D eigenvalue weighted by atomic mass is 35.5. The molecule has 2 aromatic carbocycles. The molecule has 0 saturated heterocycles. The molecule has 1 amide bonds. The molecule has 160 valence electrons. The molecule has 5 nitrogen and oxygen atoms in total. The molecular weight excluding hydrogens is 410 g/mol. The van der Waals surface area contributed by atoms with E-state index in [9.17, 15) is 4.79 Å². The van der Waals surface area contributed by atoms with E-state index < -0.39 is 0 Å². The standard InChI is InChI=1S/C25H25N3O2.ClH/c1-4-26-25(29)20-13-11-19(12-14-20)23-18(3)27-24-22(10-7-15-28(23)24)30-16-21-9-6-5-8-17(21)2;/h5-15H,4,16H2,1-3H3,(H,26,29);1H. The number of halogens is 1. The molecule has 0 atom stereocenters. The van der Waals surface area contributed by atoms with E-state index in [4.69, 9.17) is 9.72 Å². The summed E-state index contributed by atoms with van der Waals surface area (Å²) in [7, 11) is 0. The van der Waals surface area contributed by atoms with Crippen molar-refractivity contribution >= 4 is 24.0 Å². The molecule has 4 rings (SSSR count). The number of rotatable bonds is 6. The maximum Gasteiger partial charge on any atom is 0.251 e. The van der Waals surface area contributed by atoms with Gasteiger partial charge in [-0.25, -0.2) is 4.98 Å². The Morgan fingerprint density at radius 2 is 1.77 bits per heavy atom. The number of ether oxygens (including phenoxy) is 1. The van der Waals surface area contributed by atoms with Crippen LogP contribution in [0.25, 0.3) is 16.9 Å². The molecule has 0 spiro atoms. The van der Waals surface area contributed by atoms with Crippen LogP contribution in [-0.2, 0) is 6.61 Å². The first-order chi connectivity index (χ1) is 14.6. The maximum atomic E-state index is 12.0. The van der Waals surface area contributed by atoms with Gasteiger partial charge in [0.15, 0.2) is 11.4 Å². The lowest BCUT2D eigenvalue weighted by Gasteiger charge is -2.10. The Balaban J connectivity index is 0.00000272. The van der Waals surface area contributed by atoms with Crippen LogP contribution in [-0.4, -0.2) is 21.8 Å². The van der Waals surface area contributed by atoms with Gasteiger partial charge in [-0.05, 0) is 56.2 Å². The van der Waals surface area contributed by atoms with E-state index in [1.165, 1.54) is 5.56 Å². The average molecular weight is 436 g/mol. The molecule has 2 aromatic heterocycles. The van der Waals surface area contributed by atoms with Crippen LogP contribution in [0.3, 0.4) is 0 Å². The molecule has 4 aromatic rings. The molecule has 0 bridgehead atoms. The molecule has 1 N–H and O–H groups in total. The monoisotopic (exact) mass is 435 g/mol. The molecule has 0 unspecified atom stereocenters. The summed E-state index contributed by atoms with van der Waals surface area (Å²) in [4.78, 5) is 16.8. The number of hydrogen-bond acceptors (Lipinski definition) is 3. The van der Waals surface area contributed by atoms with E-state index in [1.54, 1.807) is 0 Å². The number of fused-ring (bicyclic) bond motifs is 1. The van der Waals surface area contributed by atoms with Gasteiger partial charge in [-0.15, -0.1) is 12.4 Å². The minimum absolute atomic E-state index is 0. The highest BCUT2D eigenvalue weighted by molar-refractivity contribution is 5.94. The van der Waals surface area contributed by atoms with Crippen molar-refractivity contribution in [2.45, 2.75) is 27.4 Å². The van der Waals surface area contributed by atoms with Gasteiger partial charge in [-0.2, -0.15) is 0 Å². The molecule has 0 radical (unpaired) electrons. The summed E-state index contributed by atoms with van der Waals surface area (Å²) in [6.45, 7) is 7.09. The number of nitrogens with zero attached hydrogens (tertiary/aromatic N) is 2. The minimum atomic E-state index is -0.0641. The predicted molar refractivity (Wildman–Crippen MR) is 126 cm³/mol. The van der Waals surface area contributed by atoms with Crippen LogP contribution in [0.5, 0.6) is 5.75 Å². The van der Waals surface area contributed by atoms with E-state index in [0.29, 0.717) is 18.7 Å². The second kappa shape index (κ2) is 9.67. The van der Waals surface area contributed by atoms with Crippen molar-refractivity contribution in [3.8, 4) is 17.0 Å². The average Bonchev–Trinajstić information content (AvgIpc) is 3.10. The lowest BCUT2D eigenvalue weighted by molar-refractivity contribution is 0.0956. The van der Waals surface area contributed by atoms with Gasteiger partial charge in [0.05, 0.1) is 11.4 Å². The van der Waals surface area contributed by atoms with E-state index in [2.05, 4.69) is 24.4 Å². The third kappa shape index (κ3) is 4.57. The van der Waals surface area contributed by atoms with Gasteiger partial charge in [-0.3, -0.25) is 9.20 Å². The molecule has 0 aliphatic carbocycles. The number of imidazole rings is 1. The number of pyridine rings is 1. The van der Waals surface area contributed by atoms with E-state index in [0.717, 1.165) is 33.9 Å². The first-order valence-electron chi connectivity index (χ1n) is 10.1. The zero-order chi connectivity index (χ0) is 21.1. The van der Waals surface area contributed by atoms with Crippen molar-refractivity contribution in [2.75, 3.05) is 6.54 Å². The molecule has 2 heterocycles. The zero-order valence-corrected chi connectivity index (χ0v) is 18.7. The molecule has 0 saturated carbocycles. The number of nitrogens with one attached hydrogen (secondary N) is 1. The largest absolute Gasteiger partial charge is 0.485 e. The van der Waals surface area contributed by atoms with Gasteiger partial charge in [0.25, 0.3) is 5.91 Å². The van der Waals surface area contributed by atoms with Crippen molar-refractivity contribution in [3.05, 3.63) is 89.2 Å². The third-order valence-corrected chi connectivity index (χ3v) is 5.19. The minimum Gasteiger partial charge on any atom is -0.485 e. The third-order valence-electron chi connectivity index (χ3n) is 5.19. The van der Waals surface area contributed by atoms with E-state index in [-0.39, 0.29) is 18.3 Å². The van der Waals surface area contributed by atoms with Crippen LogP contribution in [0.2, 0.25) is 0 Å². The quantitative estimate of drug-likeness (QED) is 0.443. The summed E-state index contributed by atoms with van der Waals surface area (Å²) in [5.74, 6) is 0.680. The Morgan fingerprint density at radius 1 is 1.03 bits per heavy atom. The summed E-state index contributed by atoms with van der Waals surface area (Å²) in [6.07, 6.45) is 1.99. The lowest BCUT2D eigenvalue weighted by Crippen LogP contribution is -2.22. The van der Waals surface area contributed by atoms with E-state index in [1.807, 2.05) is 73.0 Å². The Hall–Kier alpha value is -3.31. The number of benzene rings is 2. The number of hydrogen-bond donors (Lipinski definition) is 1. The van der Waals surface area contributed by atoms with Gasteiger partial charge in [-0.1, -0.05) is 36.4 Å².